The second-order valence-electron chi connectivity index (χ2n) is 14.5. The van der Waals surface area contributed by atoms with Gasteiger partial charge in [-0.25, -0.2) is 0 Å². The van der Waals surface area contributed by atoms with Crippen molar-refractivity contribution in [1.29, 1.82) is 0 Å². The lowest BCUT2D eigenvalue weighted by molar-refractivity contribution is -0.0157. The Balaban J connectivity index is 4.59. The Bertz CT molecular complexity index is 1630. The summed E-state index contributed by atoms with van der Waals surface area (Å²) < 4.78 is 102. The Hall–Kier alpha value is 0.880. The van der Waals surface area contributed by atoms with E-state index in [2.05, 4.69) is 0 Å². The largest absolute Gasteiger partial charge is 0.376 e. The van der Waals surface area contributed by atoms with E-state index in [4.69, 9.17) is 0 Å². The number of rotatable bonds is 16. The van der Waals surface area contributed by atoms with Crippen molar-refractivity contribution in [2.75, 3.05) is 52.4 Å². The number of nitrogens with zero attached hydrogens (tertiary/aromatic N) is 4. The Morgan fingerprint density at radius 2 is 0.400 bits per heavy atom. The Morgan fingerprint density at radius 1 is 0.300 bits per heavy atom. The SMILES string of the molecule is CC(O)(C(N1CCN(C(C(C)(O)P(=O)(O)O)P(=O)(O)O)CCN(C(C(C)(O)P(=O)(O)O)P(=O)(O)O)CCN(C(C(C)(O)P(=O)(O)O)P(=O)(O)O)CC1)P(=O)(O)O)P(=O)(O)O. The molecule has 1 aliphatic rings. The molecule has 8 atom stereocenters. The molecule has 0 amide bonds. The monoisotopic (exact) mass is 1040 g/mol. The smallest absolute Gasteiger partial charge is 0.358 e. The van der Waals surface area contributed by atoms with Crippen LogP contribution in [0.25, 0.3) is 0 Å². The molecular formula is C20H52N4O28P8. The lowest BCUT2D eigenvalue weighted by Crippen LogP contribution is -2.61. The molecule has 60 heavy (non-hydrogen) atoms. The molecule has 0 aromatic carbocycles. The third-order valence-electron chi connectivity index (χ3n) is 9.67. The molecule has 8 unspecified atom stereocenters. The fourth-order valence-corrected chi connectivity index (χ4v) is 17.2. The van der Waals surface area contributed by atoms with E-state index in [1.807, 2.05) is 0 Å². The topological polar surface area (TPSA) is 554 Å². The summed E-state index contributed by atoms with van der Waals surface area (Å²) in [6.07, 6.45) is 0. The molecule has 0 aromatic rings. The molecule has 360 valence electrons. The van der Waals surface area contributed by atoms with Crippen molar-refractivity contribution in [3.8, 4) is 0 Å². The molecule has 40 heteroatoms. The Morgan fingerprint density at radius 3 is 0.467 bits per heavy atom. The average molecular weight is 1040 g/mol. The van der Waals surface area contributed by atoms with Crippen LogP contribution in [0.5, 0.6) is 0 Å². The first-order valence-electron chi connectivity index (χ1n) is 16.2. The van der Waals surface area contributed by atoms with Crippen LogP contribution in [0.4, 0.5) is 0 Å². The van der Waals surface area contributed by atoms with E-state index in [1.165, 1.54) is 0 Å². The van der Waals surface area contributed by atoms with Gasteiger partial charge in [-0.3, -0.25) is 56.1 Å². The molecule has 0 radical (unpaired) electrons. The quantitative estimate of drug-likeness (QED) is 0.0642. The number of hydrogen-bond acceptors (Lipinski definition) is 16. The van der Waals surface area contributed by atoms with Gasteiger partial charge in [0.15, 0.2) is 44.5 Å². The van der Waals surface area contributed by atoms with Gasteiger partial charge in [0.1, 0.15) is 0 Å². The van der Waals surface area contributed by atoms with Crippen LogP contribution in [0.1, 0.15) is 27.7 Å². The van der Waals surface area contributed by atoms with Crippen LogP contribution in [-0.4, -0.2) is 215 Å². The highest BCUT2D eigenvalue weighted by Gasteiger charge is 2.62. The van der Waals surface area contributed by atoms with Gasteiger partial charge < -0.3 is 98.7 Å². The minimum atomic E-state index is -6.19. The van der Waals surface area contributed by atoms with E-state index < -0.39 is 158 Å². The van der Waals surface area contributed by atoms with E-state index in [1.54, 1.807) is 0 Å². The first-order chi connectivity index (χ1) is 25.9. The zero-order valence-electron chi connectivity index (χ0n) is 31.5. The fourth-order valence-electron chi connectivity index (χ4n) is 6.56. The predicted octanol–water partition coefficient (Wildman–Crippen LogP) is -5.23. The molecule has 1 rings (SSSR count). The predicted molar refractivity (Wildman–Crippen MR) is 200 cm³/mol. The minimum Gasteiger partial charge on any atom is -0.376 e. The van der Waals surface area contributed by atoms with Crippen LogP contribution in [0.15, 0.2) is 0 Å². The fraction of sp³-hybridized carbons (Fsp3) is 1.00. The normalized spacial score (nSPS) is 24.7. The van der Waals surface area contributed by atoms with Crippen LogP contribution in [0.2, 0.25) is 0 Å². The first kappa shape index (κ1) is 58.9. The molecule has 1 saturated heterocycles. The third kappa shape index (κ3) is 13.5. The van der Waals surface area contributed by atoms with Crippen LogP contribution in [0.3, 0.4) is 0 Å². The molecule has 0 saturated carbocycles. The summed E-state index contributed by atoms with van der Waals surface area (Å²) in [7, 11) is -49.3. The second-order valence-corrected chi connectivity index (χ2v) is 29.2. The van der Waals surface area contributed by atoms with Crippen molar-refractivity contribution in [1.82, 2.24) is 19.6 Å². The molecule has 0 bridgehead atoms. The Labute approximate surface area is 339 Å². The van der Waals surface area contributed by atoms with Gasteiger partial charge in [-0.15, -0.1) is 0 Å². The summed E-state index contributed by atoms with van der Waals surface area (Å²) in [6.45, 7) is -10.2. The highest BCUT2D eigenvalue weighted by Crippen LogP contribution is 2.65. The van der Waals surface area contributed by atoms with E-state index in [-0.39, 0.29) is 47.3 Å². The molecule has 1 fully saturated rings. The van der Waals surface area contributed by atoms with Crippen molar-refractivity contribution in [3.63, 3.8) is 0 Å². The standard InChI is InChI=1S/C20H52N4O28P8/c1-17(25,57(41,42)43)13(53(29,30)31)21-5-7-22(14(54(32,33)34)18(2,26)58(44,45)46)9-11-24(16(56(38,39)40)20(4,28)60(50,51)52)12-10-23(8-6-21)15(55(35,36)37)19(3,27)59(47,48)49/h13-16,25-28H,5-12H2,1-4H3,(H2,29,30,31)(H2,32,33,34)(H2,35,36,37)(H2,38,39,40)(H2,41,42,43)(H2,44,45,46)(H2,47,48,49)(H2,50,51,52). The van der Waals surface area contributed by atoms with E-state index in [0.717, 1.165) is 0 Å². The van der Waals surface area contributed by atoms with Gasteiger partial charge in [0.25, 0.3) is 0 Å². The van der Waals surface area contributed by atoms with Gasteiger partial charge in [0, 0.05) is 52.4 Å². The maximum atomic E-state index is 12.9. The lowest BCUT2D eigenvalue weighted by atomic mass is 10.2. The summed E-state index contributed by atoms with van der Waals surface area (Å²) >= 11 is 0. The maximum absolute atomic E-state index is 12.9. The zero-order valence-corrected chi connectivity index (χ0v) is 38.7. The van der Waals surface area contributed by atoms with Gasteiger partial charge in [-0.1, -0.05) is 0 Å². The molecular weight excluding hydrogens is 992 g/mol. The third-order valence-corrected chi connectivity index (χ3v) is 22.0. The van der Waals surface area contributed by atoms with Crippen molar-refractivity contribution in [2.45, 2.75) is 72.2 Å². The van der Waals surface area contributed by atoms with Crippen LogP contribution in [0, 0.1) is 0 Å². The van der Waals surface area contributed by atoms with Crippen LogP contribution in [-0.2, 0) is 36.5 Å². The first-order valence-corrected chi connectivity index (χ1v) is 29.4. The lowest BCUT2D eigenvalue weighted by Gasteiger charge is -2.47. The summed E-state index contributed by atoms with van der Waals surface area (Å²) in [4.78, 5) is 163. The summed E-state index contributed by atoms with van der Waals surface area (Å²) in [5.41, 5.74) is 0. The minimum absolute atomic E-state index is 0.183. The molecule has 1 aliphatic heterocycles. The van der Waals surface area contributed by atoms with Crippen molar-refractivity contribution < 1.29 is 135 Å². The molecule has 0 spiro atoms. The number of aliphatic hydroxyl groups is 4. The molecule has 32 nitrogen and oxygen atoms in total. The van der Waals surface area contributed by atoms with Gasteiger partial charge in [0.05, 0.1) is 0 Å². The molecule has 20 N–H and O–H groups in total. The molecule has 1 heterocycles. The van der Waals surface area contributed by atoms with Crippen molar-refractivity contribution >= 4 is 60.8 Å². The van der Waals surface area contributed by atoms with Crippen LogP contribution >= 0.6 is 60.8 Å². The average Bonchev–Trinajstić information content (AvgIpc) is 2.92. The molecule has 0 aromatic heterocycles. The summed E-state index contributed by atoms with van der Waals surface area (Å²) in [6, 6.07) is 0. The van der Waals surface area contributed by atoms with Crippen molar-refractivity contribution in [2.24, 2.45) is 0 Å². The van der Waals surface area contributed by atoms with E-state index in [9.17, 15) is 135 Å². The van der Waals surface area contributed by atoms with E-state index >= 15 is 0 Å². The highest BCUT2D eigenvalue weighted by molar-refractivity contribution is 7.59. The summed E-state index contributed by atoms with van der Waals surface area (Å²) in [5, 5.41) is 28.4. The zero-order chi connectivity index (χ0) is 48.3. The maximum Gasteiger partial charge on any atom is 0.358 e. The van der Waals surface area contributed by atoms with Gasteiger partial charge in [-0.2, -0.15) is 0 Å². The van der Waals surface area contributed by atoms with Gasteiger partial charge in [0.2, 0.25) is 0 Å². The number of hydrogen-bond donors (Lipinski definition) is 20. The molecule has 0 aliphatic carbocycles. The van der Waals surface area contributed by atoms with Crippen LogP contribution < -0.4 is 0 Å². The van der Waals surface area contributed by atoms with Crippen molar-refractivity contribution in [3.05, 3.63) is 0 Å². The second kappa shape index (κ2) is 18.9. The summed E-state index contributed by atoms with van der Waals surface area (Å²) in [5.74, 6) is -12.7. The highest BCUT2D eigenvalue weighted by atomic mass is 31.2. The van der Waals surface area contributed by atoms with Gasteiger partial charge in [-0.05, 0) is 27.7 Å². The van der Waals surface area contributed by atoms with E-state index in [0.29, 0.717) is 0 Å². The van der Waals surface area contributed by atoms with Gasteiger partial charge >= 0.3 is 60.8 Å². The Kier molecular flexibility index (Phi) is 18.5.